The molecule has 7 heteroatoms. The molecule has 0 fully saturated rings. The second-order valence-electron chi connectivity index (χ2n) is 5.67. The van der Waals surface area contributed by atoms with Crippen LogP contribution in [0, 0.1) is 0 Å². The first kappa shape index (κ1) is 18.6. The number of carboxylic acids is 1. The maximum atomic E-state index is 10.6. The Bertz CT molecular complexity index is 704. The number of nitrogens with two attached hydrogens (primary N) is 2. The molecule has 0 aliphatic rings. The summed E-state index contributed by atoms with van der Waals surface area (Å²) >= 11 is 0. The van der Waals surface area contributed by atoms with Crippen LogP contribution in [-0.4, -0.2) is 35.9 Å². The molecule has 7 nitrogen and oxygen atoms in total. The van der Waals surface area contributed by atoms with Crippen molar-refractivity contribution in [2.75, 3.05) is 31.2 Å². The largest absolute Gasteiger partial charge is 0.492 e. The van der Waals surface area contributed by atoms with Gasteiger partial charge in [0.2, 0.25) is 0 Å². The van der Waals surface area contributed by atoms with Gasteiger partial charge in [-0.05, 0) is 35.4 Å². The zero-order chi connectivity index (χ0) is 18.2. The minimum atomic E-state index is -0.862. The van der Waals surface area contributed by atoms with Gasteiger partial charge in [-0.25, -0.2) is 0 Å². The van der Waals surface area contributed by atoms with E-state index in [0.717, 1.165) is 5.56 Å². The van der Waals surface area contributed by atoms with Crippen molar-refractivity contribution in [3.8, 4) is 5.75 Å². The molecule has 25 heavy (non-hydrogen) atoms. The Hall–Kier alpha value is -2.77. The molecule has 0 radical (unpaired) electrons. The summed E-state index contributed by atoms with van der Waals surface area (Å²) in [5.41, 5.74) is 13.7. The molecule has 1 atom stereocenters. The molecule has 2 rings (SSSR count). The molecular formula is C18H23N3O4. The van der Waals surface area contributed by atoms with Crippen LogP contribution < -0.4 is 21.5 Å². The highest BCUT2D eigenvalue weighted by Crippen LogP contribution is 2.20. The van der Waals surface area contributed by atoms with Crippen molar-refractivity contribution in [3.05, 3.63) is 53.6 Å². The first-order valence-corrected chi connectivity index (χ1v) is 7.93. The van der Waals surface area contributed by atoms with E-state index in [0.29, 0.717) is 42.4 Å². The lowest BCUT2D eigenvalue weighted by atomic mass is 10.1. The van der Waals surface area contributed by atoms with E-state index in [9.17, 15) is 9.90 Å². The minimum absolute atomic E-state index is 0.00459. The molecule has 2 aromatic rings. The summed E-state index contributed by atoms with van der Waals surface area (Å²) in [6, 6.07) is 12.0. The van der Waals surface area contributed by atoms with Crippen LogP contribution in [0.3, 0.4) is 0 Å². The molecule has 0 spiro atoms. The fraction of sp³-hybridized carbons (Fsp3) is 0.278. The van der Waals surface area contributed by atoms with Gasteiger partial charge in [0.25, 0.3) is 0 Å². The van der Waals surface area contributed by atoms with Crippen molar-refractivity contribution in [2.45, 2.75) is 12.5 Å². The Labute approximate surface area is 146 Å². The van der Waals surface area contributed by atoms with Gasteiger partial charge < -0.3 is 31.7 Å². The Balaban J connectivity index is 1.68. The van der Waals surface area contributed by atoms with Gasteiger partial charge in [-0.15, -0.1) is 0 Å². The predicted molar refractivity (Wildman–Crippen MR) is 96.4 cm³/mol. The summed E-state index contributed by atoms with van der Waals surface area (Å²) in [4.78, 5) is 10.6. The summed E-state index contributed by atoms with van der Waals surface area (Å²) in [7, 11) is 0. The normalized spacial score (nSPS) is 11.9. The van der Waals surface area contributed by atoms with Crippen molar-refractivity contribution in [2.24, 2.45) is 0 Å². The third-order valence-corrected chi connectivity index (χ3v) is 3.66. The molecule has 134 valence electrons. The zero-order valence-corrected chi connectivity index (χ0v) is 13.8. The number of rotatable bonds is 9. The number of hydrogen-bond acceptors (Lipinski definition) is 6. The molecule has 0 heterocycles. The van der Waals surface area contributed by atoms with Gasteiger partial charge >= 0.3 is 5.97 Å². The molecule has 0 aliphatic carbocycles. The van der Waals surface area contributed by atoms with E-state index in [1.165, 1.54) is 0 Å². The lowest BCUT2D eigenvalue weighted by molar-refractivity contribution is -0.136. The molecule has 0 aromatic heterocycles. The number of nitrogen functional groups attached to an aromatic ring is 2. The van der Waals surface area contributed by atoms with Crippen LogP contribution in [0.25, 0.3) is 0 Å². The molecule has 0 aliphatic heterocycles. The quantitative estimate of drug-likeness (QED) is 0.341. The van der Waals surface area contributed by atoms with Crippen molar-refractivity contribution >= 4 is 17.3 Å². The highest BCUT2D eigenvalue weighted by Gasteiger charge is 2.08. The van der Waals surface area contributed by atoms with Crippen LogP contribution >= 0.6 is 0 Å². The van der Waals surface area contributed by atoms with Crippen LogP contribution in [0.4, 0.5) is 11.4 Å². The first-order valence-electron chi connectivity index (χ1n) is 7.93. The van der Waals surface area contributed by atoms with E-state index in [1.807, 2.05) is 0 Å². The highest BCUT2D eigenvalue weighted by atomic mass is 16.5. The van der Waals surface area contributed by atoms with Crippen LogP contribution in [-0.2, 0) is 11.2 Å². The van der Waals surface area contributed by atoms with Gasteiger partial charge in [-0.3, -0.25) is 4.79 Å². The van der Waals surface area contributed by atoms with E-state index in [1.54, 1.807) is 42.5 Å². The lowest BCUT2D eigenvalue weighted by Crippen LogP contribution is -2.26. The van der Waals surface area contributed by atoms with Crippen LogP contribution in [0.2, 0.25) is 0 Å². The third-order valence-electron chi connectivity index (χ3n) is 3.66. The molecule has 0 amide bonds. The van der Waals surface area contributed by atoms with Gasteiger partial charge in [0.05, 0.1) is 23.9 Å². The van der Waals surface area contributed by atoms with Gasteiger partial charge in [0.1, 0.15) is 12.4 Å². The van der Waals surface area contributed by atoms with Crippen LogP contribution in [0.5, 0.6) is 5.75 Å². The Kier molecular flexibility index (Phi) is 6.62. The minimum Gasteiger partial charge on any atom is -0.492 e. The maximum absolute atomic E-state index is 10.6. The highest BCUT2D eigenvalue weighted by molar-refractivity contribution is 5.70. The van der Waals surface area contributed by atoms with Gasteiger partial charge in [-0.1, -0.05) is 18.2 Å². The smallest absolute Gasteiger partial charge is 0.307 e. The number of hydrogen-bond donors (Lipinski definition) is 5. The van der Waals surface area contributed by atoms with Crippen molar-refractivity contribution < 1.29 is 19.7 Å². The standard InChI is InChI=1S/C18H23N3O4/c19-15-6-3-13(10-16(15)20)17(22)11-21-7-8-25-14-4-1-12(2-5-14)9-18(23)24/h1-6,10,17,21-22H,7-9,11,19-20H2,(H,23,24)/t17-/m0/s1. The van der Waals surface area contributed by atoms with E-state index in [4.69, 9.17) is 21.3 Å². The number of ether oxygens (including phenoxy) is 1. The molecule has 7 N–H and O–H groups in total. The molecule has 0 bridgehead atoms. The van der Waals surface area contributed by atoms with E-state index >= 15 is 0 Å². The number of aliphatic carboxylic acids is 1. The molecule has 0 saturated heterocycles. The van der Waals surface area contributed by atoms with E-state index in [-0.39, 0.29) is 6.42 Å². The number of anilines is 2. The Morgan fingerprint density at radius 2 is 1.84 bits per heavy atom. The molecule has 0 saturated carbocycles. The topological polar surface area (TPSA) is 131 Å². The summed E-state index contributed by atoms with van der Waals surface area (Å²) < 4.78 is 5.56. The van der Waals surface area contributed by atoms with Gasteiger partial charge in [0.15, 0.2) is 0 Å². The average Bonchev–Trinajstić information content (AvgIpc) is 2.58. The van der Waals surface area contributed by atoms with Crippen molar-refractivity contribution in [1.29, 1.82) is 0 Å². The van der Waals surface area contributed by atoms with E-state index in [2.05, 4.69) is 5.32 Å². The Morgan fingerprint density at radius 1 is 1.12 bits per heavy atom. The second kappa shape index (κ2) is 8.91. The van der Waals surface area contributed by atoms with Gasteiger partial charge in [-0.2, -0.15) is 0 Å². The molecule has 0 unspecified atom stereocenters. The van der Waals surface area contributed by atoms with Gasteiger partial charge in [0, 0.05) is 13.1 Å². The second-order valence-corrected chi connectivity index (χ2v) is 5.67. The lowest BCUT2D eigenvalue weighted by Gasteiger charge is -2.14. The zero-order valence-electron chi connectivity index (χ0n) is 13.8. The summed E-state index contributed by atoms with van der Waals surface area (Å²) in [5.74, 6) is -0.193. The average molecular weight is 345 g/mol. The van der Waals surface area contributed by atoms with E-state index < -0.39 is 12.1 Å². The number of carboxylic acid groups (broad SMARTS) is 1. The Morgan fingerprint density at radius 3 is 2.48 bits per heavy atom. The monoisotopic (exact) mass is 345 g/mol. The number of benzene rings is 2. The van der Waals surface area contributed by atoms with Crippen molar-refractivity contribution in [1.82, 2.24) is 5.32 Å². The summed E-state index contributed by atoms with van der Waals surface area (Å²) in [6.45, 7) is 1.34. The third kappa shape index (κ3) is 5.98. The number of aliphatic hydroxyl groups excluding tert-OH is 1. The van der Waals surface area contributed by atoms with Crippen LogP contribution in [0.1, 0.15) is 17.2 Å². The first-order chi connectivity index (χ1) is 12.0. The molecule has 2 aromatic carbocycles. The van der Waals surface area contributed by atoms with Crippen molar-refractivity contribution in [3.63, 3.8) is 0 Å². The molecular weight excluding hydrogens is 322 g/mol. The number of nitrogens with one attached hydrogen (secondary N) is 1. The number of aliphatic hydroxyl groups is 1. The SMILES string of the molecule is Nc1ccc([C@@H](O)CNCCOc2ccc(CC(=O)O)cc2)cc1N. The summed E-state index contributed by atoms with van der Waals surface area (Å²) in [5, 5.41) is 21.9. The van der Waals surface area contributed by atoms with Crippen LogP contribution in [0.15, 0.2) is 42.5 Å². The maximum Gasteiger partial charge on any atom is 0.307 e. The predicted octanol–water partition coefficient (Wildman–Crippen LogP) is 1.18. The fourth-order valence-corrected chi connectivity index (χ4v) is 2.28. The number of carbonyl (C=O) groups is 1. The fourth-order valence-electron chi connectivity index (χ4n) is 2.28. The summed E-state index contributed by atoms with van der Waals surface area (Å²) in [6.07, 6.45) is -0.687.